The number of nitro groups is 1. The Morgan fingerprint density at radius 2 is 2.29 bits per heavy atom. The van der Waals surface area contributed by atoms with E-state index in [2.05, 4.69) is 0 Å². The van der Waals surface area contributed by atoms with E-state index in [1.165, 1.54) is 13.2 Å². The van der Waals surface area contributed by atoms with Gasteiger partial charge in [0.25, 0.3) is 5.69 Å². The third-order valence-corrected chi connectivity index (χ3v) is 2.61. The number of halogens is 1. The van der Waals surface area contributed by atoms with Gasteiger partial charge in [-0.05, 0) is 28.7 Å². The Hall–Kier alpha value is -0.890. The first kappa shape index (κ1) is 11.2. The van der Waals surface area contributed by atoms with Gasteiger partial charge in [-0.2, -0.15) is 0 Å². The highest BCUT2D eigenvalue weighted by atomic mass is 127. The maximum absolute atomic E-state index is 10.7. The van der Waals surface area contributed by atoms with Gasteiger partial charge in [-0.1, -0.05) is 0 Å². The molecule has 0 atom stereocenters. The van der Waals surface area contributed by atoms with E-state index in [1.807, 2.05) is 22.6 Å². The second kappa shape index (κ2) is 4.56. The molecule has 0 aromatic heterocycles. The Balaban J connectivity index is 3.32. The molecule has 0 saturated carbocycles. The lowest BCUT2D eigenvalue weighted by Gasteiger charge is -2.05. The van der Waals surface area contributed by atoms with Crippen LogP contribution < -0.4 is 10.5 Å². The Bertz CT molecular complexity index is 368. The van der Waals surface area contributed by atoms with Crippen molar-refractivity contribution in [3.63, 3.8) is 0 Å². The standard InChI is InChI=1S/C8H9IN2O3/c1-14-8-3-7(11(12)13)5(4-10)2-6(8)9/h2-3H,4,10H2,1H3. The minimum Gasteiger partial charge on any atom is -0.495 e. The summed E-state index contributed by atoms with van der Waals surface area (Å²) in [6.07, 6.45) is 0. The predicted molar refractivity (Wildman–Crippen MR) is 60.3 cm³/mol. The molecule has 0 amide bonds. The minimum atomic E-state index is -0.458. The van der Waals surface area contributed by atoms with Crippen LogP contribution in [0.1, 0.15) is 5.56 Å². The van der Waals surface area contributed by atoms with Crippen LogP contribution in [0.3, 0.4) is 0 Å². The second-order valence-corrected chi connectivity index (χ2v) is 3.74. The van der Waals surface area contributed by atoms with Crippen molar-refractivity contribution < 1.29 is 9.66 Å². The van der Waals surface area contributed by atoms with Crippen molar-refractivity contribution in [3.8, 4) is 5.75 Å². The van der Waals surface area contributed by atoms with E-state index in [-0.39, 0.29) is 12.2 Å². The van der Waals surface area contributed by atoms with Crippen molar-refractivity contribution in [2.75, 3.05) is 7.11 Å². The lowest BCUT2D eigenvalue weighted by atomic mass is 10.2. The fourth-order valence-corrected chi connectivity index (χ4v) is 1.83. The first-order chi connectivity index (χ1) is 6.60. The molecule has 1 aromatic carbocycles. The number of methoxy groups -OCH3 is 1. The molecule has 0 aliphatic rings. The number of hydrogen-bond donors (Lipinski definition) is 1. The predicted octanol–water partition coefficient (Wildman–Crippen LogP) is 1.67. The summed E-state index contributed by atoms with van der Waals surface area (Å²) in [6, 6.07) is 3.06. The molecule has 6 heteroatoms. The van der Waals surface area contributed by atoms with Crippen molar-refractivity contribution in [1.82, 2.24) is 0 Å². The van der Waals surface area contributed by atoms with Crippen LogP contribution in [0.15, 0.2) is 12.1 Å². The van der Waals surface area contributed by atoms with E-state index >= 15 is 0 Å². The van der Waals surface area contributed by atoms with Gasteiger partial charge in [0, 0.05) is 12.1 Å². The molecule has 0 radical (unpaired) electrons. The molecule has 14 heavy (non-hydrogen) atoms. The number of hydrogen-bond acceptors (Lipinski definition) is 4. The lowest BCUT2D eigenvalue weighted by Crippen LogP contribution is -2.03. The van der Waals surface area contributed by atoms with Crippen LogP contribution in [0.2, 0.25) is 0 Å². The Labute approximate surface area is 94.5 Å². The van der Waals surface area contributed by atoms with Gasteiger partial charge in [0.1, 0.15) is 5.75 Å². The van der Waals surface area contributed by atoms with E-state index in [0.717, 1.165) is 3.57 Å². The molecular weight excluding hydrogens is 299 g/mol. The van der Waals surface area contributed by atoms with Crippen molar-refractivity contribution >= 4 is 28.3 Å². The Morgan fingerprint density at radius 1 is 1.64 bits per heavy atom. The fraction of sp³-hybridized carbons (Fsp3) is 0.250. The number of rotatable bonds is 3. The van der Waals surface area contributed by atoms with Crippen molar-refractivity contribution in [3.05, 3.63) is 31.4 Å². The maximum atomic E-state index is 10.7. The molecule has 1 aromatic rings. The third kappa shape index (κ3) is 2.13. The molecular formula is C8H9IN2O3. The Kier molecular flexibility index (Phi) is 3.64. The molecule has 5 nitrogen and oxygen atoms in total. The van der Waals surface area contributed by atoms with Crippen LogP contribution >= 0.6 is 22.6 Å². The van der Waals surface area contributed by atoms with Crippen molar-refractivity contribution in [2.45, 2.75) is 6.54 Å². The minimum absolute atomic E-state index is 0.00441. The summed E-state index contributed by atoms with van der Waals surface area (Å²) < 4.78 is 5.80. The Morgan fingerprint density at radius 3 is 2.71 bits per heavy atom. The molecule has 0 spiro atoms. The highest BCUT2D eigenvalue weighted by Gasteiger charge is 2.16. The zero-order valence-corrected chi connectivity index (χ0v) is 9.65. The molecule has 0 aliphatic carbocycles. The number of nitrogens with two attached hydrogens (primary N) is 1. The highest BCUT2D eigenvalue weighted by molar-refractivity contribution is 14.1. The first-order valence-corrected chi connectivity index (χ1v) is 4.89. The summed E-state index contributed by atoms with van der Waals surface area (Å²) in [5.74, 6) is 0.495. The summed E-state index contributed by atoms with van der Waals surface area (Å²) in [6.45, 7) is 0.149. The van der Waals surface area contributed by atoms with Gasteiger partial charge in [-0.15, -0.1) is 0 Å². The zero-order valence-electron chi connectivity index (χ0n) is 7.49. The smallest absolute Gasteiger partial charge is 0.277 e. The van der Waals surface area contributed by atoms with E-state index in [4.69, 9.17) is 10.5 Å². The molecule has 0 unspecified atom stereocenters. The molecule has 0 heterocycles. The van der Waals surface area contributed by atoms with Crippen molar-refractivity contribution in [2.24, 2.45) is 5.73 Å². The molecule has 0 aliphatic heterocycles. The van der Waals surface area contributed by atoms with Crippen LogP contribution in [-0.4, -0.2) is 12.0 Å². The van der Waals surface area contributed by atoms with Crippen LogP contribution in [-0.2, 0) is 6.54 Å². The van der Waals surface area contributed by atoms with Gasteiger partial charge in [0.05, 0.1) is 21.7 Å². The number of nitrogens with zero attached hydrogens (tertiary/aromatic N) is 1. The second-order valence-electron chi connectivity index (χ2n) is 2.58. The van der Waals surface area contributed by atoms with Crippen LogP contribution in [0, 0.1) is 13.7 Å². The lowest BCUT2D eigenvalue weighted by molar-refractivity contribution is -0.385. The SMILES string of the molecule is COc1cc([N+](=O)[O-])c(CN)cc1I. The van der Waals surface area contributed by atoms with Gasteiger partial charge in [0.2, 0.25) is 0 Å². The van der Waals surface area contributed by atoms with Crippen LogP contribution in [0.4, 0.5) is 5.69 Å². The fourth-order valence-electron chi connectivity index (χ4n) is 1.07. The van der Waals surface area contributed by atoms with Gasteiger partial charge in [-0.25, -0.2) is 0 Å². The van der Waals surface area contributed by atoms with Gasteiger partial charge >= 0.3 is 0 Å². The summed E-state index contributed by atoms with van der Waals surface area (Å²) in [4.78, 5) is 10.2. The first-order valence-electron chi connectivity index (χ1n) is 3.81. The zero-order chi connectivity index (χ0) is 10.7. The summed E-state index contributed by atoms with van der Waals surface area (Å²) in [5, 5.41) is 10.7. The monoisotopic (exact) mass is 308 g/mol. The average molecular weight is 308 g/mol. The van der Waals surface area contributed by atoms with Crippen LogP contribution in [0.25, 0.3) is 0 Å². The molecule has 76 valence electrons. The van der Waals surface area contributed by atoms with Crippen molar-refractivity contribution in [1.29, 1.82) is 0 Å². The van der Waals surface area contributed by atoms with E-state index in [1.54, 1.807) is 6.07 Å². The van der Waals surface area contributed by atoms with Crippen LogP contribution in [0.5, 0.6) is 5.75 Å². The van der Waals surface area contributed by atoms with E-state index < -0.39 is 4.92 Å². The third-order valence-electron chi connectivity index (χ3n) is 1.77. The molecule has 2 N–H and O–H groups in total. The number of ether oxygens (including phenoxy) is 1. The van der Waals surface area contributed by atoms with E-state index in [0.29, 0.717) is 11.3 Å². The van der Waals surface area contributed by atoms with E-state index in [9.17, 15) is 10.1 Å². The summed E-state index contributed by atoms with van der Waals surface area (Å²) in [5.41, 5.74) is 5.92. The quantitative estimate of drug-likeness (QED) is 0.523. The highest BCUT2D eigenvalue weighted by Crippen LogP contribution is 2.29. The molecule has 0 bridgehead atoms. The molecule has 1 rings (SSSR count). The van der Waals surface area contributed by atoms with Gasteiger partial charge in [-0.3, -0.25) is 10.1 Å². The average Bonchev–Trinajstić information content (AvgIpc) is 2.16. The topological polar surface area (TPSA) is 78.4 Å². The maximum Gasteiger partial charge on any atom is 0.277 e. The van der Waals surface area contributed by atoms with Gasteiger partial charge in [0.15, 0.2) is 0 Å². The molecule has 0 fully saturated rings. The summed E-state index contributed by atoms with van der Waals surface area (Å²) in [7, 11) is 1.48. The number of benzene rings is 1. The normalized spacial score (nSPS) is 9.93. The number of nitro benzene ring substituents is 1. The molecule has 0 saturated heterocycles. The largest absolute Gasteiger partial charge is 0.495 e. The van der Waals surface area contributed by atoms with Gasteiger partial charge < -0.3 is 10.5 Å². The summed E-state index contributed by atoms with van der Waals surface area (Å²) >= 11 is 2.05.